The number of ether oxygens (including phenoxy) is 3. The molecule has 0 aliphatic carbocycles. The summed E-state index contributed by atoms with van der Waals surface area (Å²) in [6, 6.07) is 25.5. The van der Waals surface area contributed by atoms with Crippen LogP contribution in [0.5, 0.6) is 5.75 Å². The summed E-state index contributed by atoms with van der Waals surface area (Å²) in [5.41, 5.74) is 4.10. The van der Waals surface area contributed by atoms with Crippen LogP contribution in [0.2, 0.25) is 0 Å². The molecule has 4 nitrogen and oxygen atoms in total. The first-order valence-corrected chi connectivity index (χ1v) is 9.57. The van der Waals surface area contributed by atoms with Gasteiger partial charge in [-0.25, -0.2) is 4.79 Å². The summed E-state index contributed by atoms with van der Waals surface area (Å²) in [7, 11) is 2.84. The standard InChI is InChI=1S/C26H24O4/c1-28-19-25(26(27)29-2)24-14-7-6-12-22(24)18-30-23-13-8-11-21(17-23)16-15-20-9-4-3-5-10-20/h3-17,19H,18H2,1-2H3/b16-15+,25-19?. The predicted octanol–water partition coefficient (Wildman–Crippen LogP) is 5.60. The van der Waals surface area contributed by atoms with Crippen molar-refractivity contribution in [1.29, 1.82) is 0 Å². The maximum Gasteiger partial charge on any atom is 0.341 e. The van der Waals surface area contributed by atoms with Crippen LogP contribution in [-0.4, -0.2) is 20.2 Å². The van der Waals surface area contributed by atoms with Gasteiger partial charge in [-0.1, -0.05) is 78.9 Å². The summed E-state index contributed by atoms with van der Waals surface area (Å²) >= 11 is 0. The average molecular weight is 400 g/mol. The zero-order chi connectivity index (χ0) is 21.2. The fourth-order valence-electron chi connectivity index (χ4n) is 2.98. The highest BCUT2D eigenvalue weighted by atomic mass is 16.5. The van der Waals surface area contributed by atoms with Crippen LogP contribution in [0.4, 0.5) is 0 Å². The largest absolute Gasteiger partial charge is 0.503 e. The zero-order valence-electron chi connectivity index (χ0n) is 17.1. The summed E-state index contributed by atoms with van der Waals surface area (Å²) in [6.45, 7) is 0.306. The molecule has 0 atom stereocenters. The molecule has 0 saturated heterocycles. The van der Waals surface area contributed by atoms with Crippen LogP contribution in [0.15, 0.2) is 85.1 Å². The number of carbonyl (C=O) groups excluding carboxylic acids is 1. The molecular formula is C26H24O4. The third kappa shape index (κ3) is 5.61. The van der Waals surface area contributed by atoms with Crippen LogP contribution < -0.4 is 4.74 Å². The second-order valence-corrected chi connectivity index (χ2v) is 6.52. The lowest BCUT2D eigenvalue weighted by Crippen LogP contribution is -2.08. The summed E-state index contributed by atoms with van der Waals surface area (Å²) in [5, 5.41) is 0. The summed E-state index contributed by atoms with van der Waals surface area (Å²) in [5.74, 6) is 0.285. The van der Waals surface area contributed by atoms with Gasteiger partial charge < -0.3 is 14.2 Å². The molecule has 0 amide bonds. The molecule has 152 valence electrons. The molecule has 3 aromatic rings. The fraction of sp³-hybridized carbons (Fsp3) is 0.115. The van der Waals surface area contributed by atoms with Gasteiger partial charge in [0, 0.05) is 0 Å². The predicted molar refractivity (Wildman–Crippen MR) is 120 cm³/mol. The van der Waals surface area contributed by atoms with E-state index in [1.165, 1.54) is 20.5 Å². The van der Waals surface area contributed by atoms with E-state index >= 15 is 0 Å². The van der Waals surface area contributed by atoms with Crippen molar-refractivity contribution in [3.05, 3.63) is 107 Å². The van der Waals surface area contributed by atoms with Crippen LogP contribution >= 0.6 is 0 Å². The van der Waals surface area contributed by atoms with Gasteiger partial charge in [-0.05, 0) is 34.4 Å². The van der Waals surface area contributed by atoms with E-state index in [-0.39, 0.29) is 0 Å². The molecule has 0 bridgehead atoms. The highest BCUT2D eigenvalue weighted by Gasteiger charge is 2.16. The quantitative estimate of drug-likeness (QED) is 0.214. The smallest absolute Gasteiger partial charge is 0.341 e. The van der Waals surface area contributed by atoms with E-state index in [1.807, 2.05) is 72.8 Å². The van der Waals surface area contributed by atoms with Crippen molar-refractivity contribution in [3.63, 3.8) is 0 Å². The van der Waals surface area contributed by atoms with Crippen LogP contribution in [-0.2, 0) is 20.9 Å². The first kappa shape index (κ1) is 20.9. The molecule has 0 N–H and O–H groups in total. The number of benzene rings is 3. The third-order valence-electron chi connectivity index (χ3n) is 4.47. The molecule has 3 aromatic carbocycles. The van der Waals surface area contributed by atoms with Crippen molar-refractivity contribution in [2.24, 2.45) is 0 Å². The minimum Gasteiger partial charge on any atom is -0.503 e. The van der Waals surface area contributed by atoms with Crippen LogP contribution in [0.1, 0.15) is 22.3 Å². The van der Waals surface area contributed by atoms with Gasteiger partial charge in [0.05, 0.1) is 20.5 Å². The highest BCUT2D eigenvalue weighted by molar-refractivity contribution is 6.16. The minimum atomic E-state index is -0.461. The fourth-order valence-corrected chi connectivity index (χ4v) is 2.98. The first-order valence-electron chi connectivity index (χ1n) is 9.57. The number of methoxy groups -OCH3 is 2. The van der Waals surface area contributed by atoms with Crippen molar-refractivity contribution in [2.75, 3.05) is 14.2 Å². The second-order valence-electron chi connectivity index (χ2n) is 6.52. The SMILES string of the molecule is COC=C(C(=O)OC)c1ccccc1COc1cccc(/C=C/c2ccccc2)c1. The van der Waals surface area contributed by atoms with E-state index in [4.69, 9.17) is 14.2 Å². The van der Waals surface area contributed by atoms with Gasteiger partial charge in [0.25, 0.3) is 0 Å². The lowest BCUT2D eigenvalue weighted by atomic mass is 10.0. The molecule has 3 rings (SSSR count). The summed E-state index contributed by atoms with van der Waals surface area (Å²) < 4.78 is 16.0. The molecule has 4 heteroatoms. The van der Waals surface area contributed by atoms with Crippen molar-refractivity contribution >= 4 is 23.7 Å². The molecule has 0 aliphatic rings. The number of hydrogen-bond donors (Lipinski definition) is 0. The molecule has 0 heterocycles. The Balaban J connectivity index is 1.76. The Morgan fingerprint density at radius 1 is 0.833 bits per heavy atom. The lowest BCUT2D eigenvalue weighted by Gasteiger charge is -2.13. The third-order valence-corrected chi connectivity index (χ3v) is 4.47. The van der Waals surface area contributed by atoms with Crippen molar-refractivity contribution in [1.82, 2.24) is 0 Å². The van der Waals surface area contributed by atoms with Crippen LogP contribution in [0.3, 0.4) is 0 Å². The number of esters is 1. The maximum atomic E-state index is 12.1. The Morgan fingerprint density at radius 3 is 2.30 bits per heavy atom. The molecule has 0 spiro atoms. The van der Waals surface area contributed by atoms with Gasteiger partial charge in [-0.2, -0.15) is 0 Å². The minimum absolute atomic E-state index is 0.306. The Hall–Kier alpha value is -3.79. The van der Waals surface area contributed by atoms with Crippen LogP contribution in [0.25, 0.3) is 17.7 Å². The lowest BCUT2D eigenvalue weighted by molar-refractivity contribution is -0.133. The Kier molecular flexibility index (Phi) is 7.45. The van der Waals surface area contributed by atoms with Crippen molar-refractivity contribution in [2.45, 2.75) is 6.61 Å². The van der Waals surface area contributed by atoms with E-state index in [9.17, 15) is 4.79 Å². The molecule has 0 fully saturated rings. The van der Waals surface area contributed by atoms with Gasteiger partial charge in [0.15, 0.2) is 0 Å². The van der Waals surface area contributed by atoms with Crippen molar-refractivity contribution < 1.29 is 19.0 Å². The van der Waals surface area contributed by atoms with Crippen LogP contribution in [0, 0.1) is 0 Å². The summed E-state index contributed by atoms with van der Waals surface area (Å²) in [4.78, 5) is 12.1. The summed E-state index contributed by atoms with van der Waals surface area (Å²) in [6.07, 6.45) is 5.50. The van der Waals surface area contributed by atoms with Crippen molar-refractivity contribution in [3.8, 4) is 5.75 Å². The van der Waals surface area contributed by atoms with Gasteiger partial charge in [0.1, 0.15) is 17.9 Å². The Bertz CT molecular complexity index is 1040. The molecular weight excluding hydrogens is 376 g/mol. The van der Waals surface area contributed by atoms with E-state index in [1.54, 1.807) is 0 Å². The van der Waals surface area contributed by atoms with Gasteiger partial charge in [0.2, 0.25) is 0 Å². The monoisotopic (exact) mass is 400 g/mol. The van der Waals surface area contributed by atoms with E-state index in [0.29, 0.717) is 17.7 Å². The van der Waals surface area contributed by atoms with E-state index in [2.05, 4.69) is 18.2 Å². The maximum absolute atomic E-state index is 12.1. The number of rotatable bonds is 8. The first-order chi connectivity index (χ1) is 14.7. The molecule has 0 radical (unpaired) electrons. The molecule has 0 unspecified atom stereocenters. The molecule has 30 heavy (non-hydrogen) atoms. The number of hydrogen-bond acceptors (Lipinski definition) is 4. The molecule has 0 aromatic heterocycles. The van der Waals surface area contributed by atoms with Gasteiger partial charge in [-0.3, -0.25) is 0 Å². The second kappa shape index (κ2) is 10.7. The van der Waals surface area contributed by atoms with E-state index < -0.39 is 5.97 Å². The van der Waals surface area contributed by atoms with Gasteiger partial charge >= 0.3 is 5.97 Å². The molecule has 0 aliphatic heterocycles. The number of carbonyl (C=O) groups is 1. The highest BCUT2D eigenvalue weighted by Crippen LogP contribution is 2.23. The Labute approximate surface area is 177 Å². The molecule has 0 saturated carbocycles. The Morgan fingerprint density at radius 2 is 1.53 bits per heavy atom. The van der Waals surface area contributed by atoms with Gasteiger partial charge in [-0.15, -0.1) is 0 Å². The average Bonchev–Trinajstić information content (AvgIpc) is 2.80. The zero-order valence-corrected chi connectivity index (χ0v) is 17.1. The van der Waals surface area contributed by atoms with E-state index in [0.717, 1.165) is 22.4 Å². The topological polar surface area (TPSA) is 44.8 Å². The normalized spacial score (nSPS) is 11.3.